The van der Waals surface area contributed by atoms with Gasteiger partial charge in [-0.2, -0.15) is 5.26 Å². The normalized spacial score (nSPS) is 9.07. The van der Waals surface area contributed by atoms with Gasteiger partial charge in [-0.05, 0) is 24.6 Å². The van der Waals surface area contributed by atoms with E-state index in [1.165, 1.54) is 0 Å². The monoisotopic (exact) mass is 203 g/mol. The first kappa shape index (κ1) is 11.1. The zero-order chi connectivity index (χ0) is 11.1. The minimum Gasteiger partial charge on any atom is -0.376 e. The third kappa shape index (κ3) is 4.14. The van der Waals surface area contributed by atoms with Gasteiger partial charge in [0, 0.05) is 5.69 Å². The van der Waals surface area contributed by atoms with Gasteiger partial charge in [0.15, 0.2) is 0 Å². The number of benzene rings is 1. The predicted octanol–water partition coefficient (Wildman–Crippen LogP) is 1.05. The Bertz CT molecular complexity index is 382. The first-order chi connectivity index (χ1) is 7.22. The number of anilines is 1. The lowest BCUT2D eigenvalue weighted by atomic mass is 10.2. The summed E-state index contributed by atoms with van der Waals surface area (Å²) in [6.07, 6.45) is 0. The van der Waals surface area contributed by atoms with Gasteiger partial charge in [0.2, 0.25) is 5.91 Å². The third-order valence-corrected chi connectivity index (χ3v) is 1.84. The number of hydrogen-bond acceptors (Lipinski definition) is 3. The summed E-state index contributed by atoms with van der Waals surface area (Å²) in [6, 6.07) is 9.60. The van der Waals surface area contributed by atoms with E-state index >= 15 is 0 Å². The molecule has 78 valence electrons. The van der Waals surface area contributed by atoms with Crippen LogP contribution in [-0.2, 0) is 4.79 Å². The van der Waals surface area contributed by atoms with Crippen LogP contribution < -0.4 is 10.6 Å². The van der Waals surface area contributed by atoms with Crippen molar-refractivity contribution >= 4 is 11.6 Å². The third-order valence-electron chi connectivity index (χ3n) is 1.84. The van der Waals surface area contributed by atoms with E-state index in [0.717, 1.165) is 11.3 Å². The second-order valence-electron chi connectivity index (χ2n) is 3.16. The number of aryl methyl sites for hydroxylation is 1. The highest BCUT2D eigenvalue weighted by Gasteiger charge is 1.99. The van der Waals surface area contributed by atoms with E-state index in [9.17, 15) is 4.79 Å². The van der Waals surface area contributed by atoms with E-state index in [-0.39, 0.29) is 19.0 Å². The highest BCUT2D eigenvalue weighted by molar-refractivity contribution is 5.80. The molecule has 0 bridgehead atoms. The second-order valence-corrected chi connectivity index (χ2v) is 3.16. The topological polar surface area (TPSA) is 64.9 Å². The predicted molar refractivity (Wildman–Crippen MR) is 58.3 cm³/mol. The molecule has 4 heteroatoms. The van der Waals surface area contributed by atoms with E-state index in [4.69, 9.17) is 5.26 Å². The van der Waals surface area contributed by atoms with E-state index in [1.807, 2.05) is 37.3 Å². The summed E-state index contributed by atoms with van der Waals surface area (Å²) in [5, 5.41) is 13.7. The largest absolute Gasteiger partial charge is 0.376 e. The molecule has 0 aliphatic rings. The number of nitrogens with one attached hydrogen (secondary N) is 2. The van der Waals surface area contributed by atoms with Crippen molar-refractivity contribution in [2.75, 3.05) is 18.4 Å². The SMILES string of the molecule is Cc1cccc(NCC(=O)NCC#N)c1. The highest BCUT2D eigenvalue weighted by atomic mass is 16.1. The minimum absolute atomic E-state index is 0.0499. The number of carbonyl (C=O) groups excluding carboxylic acids is 1. The molecule has 0 spiro atoms. The molecule has 0 heterocycles. The van der Waals surface area contributed by atoms with E-state index in [0.29, 0.717) is 0 Å². The van der Waals surface area contributed by atoms with Gasteiger partial charge in [0.05, 0.1) is 12.6 Å². The fraction of sp³-hybridized carbons (Fsp3) is 0.273. The molecule has 0 unspecified atom stereocenters. The Hall–Kier alpha value is -2.02. The van der Waals surface area contributed by atoms with Crippen LogP contribution in [0.4, 0.5) is 5.69 Å². The maximum atomic E-state index is 11.1. The van der Waals surface area contributed by atoms with Crippen LogP contribution in [0.5, 0.6) is 0 Å². The minimum atomic E-state index is -0.182. The number of carbonyl (C=O) groups is 1. The molecule has 0 saturated heterocycles. The standard InChI is InChI=1S/C11H13N3O/c1-9-3-2-4-10(7-9)14-8-11(15)13-6-5-12/h2-4,7,14H,6,8H2,1H3,(H,13,15). The van der Waals surface area contributed by atoms with Crippen molar-refractivity contribution in [3.8, 4) is 6.07 Å². The zero-order valence-electron chi connectivity index (χ0n) is 8.58. The number of nitrogens with zero attached hydrogens (tertiary/aromatic N) is 1. The molecule has 15 heavy (non-hydrogen) atoms. The lowest BCUT2D eigenvalue weighted by Gasteiger charge is -2.06. The maximum Gasteiger partial charge on any atom is 0.240 e. The van der Waals surface area contributed by atoms with Crippen LogP contribution in [0, 0.1) is 18.3 Å². The summed E-state index contributed by atoms with van der Waals surface area (Å²) >= 11 is 0. The second kappa shape index (κ2) is 5.66. The van der Waals surface area contributed by atoms with Gasteiger partial charge < -0.3 is 10.6 Å². The summed E-state index contributed by atoms with van der Waals surface area (Å²) in [5.74, 6) is -0.182. The average Bonchev–Trinajstić information content (AvgIpc) is 2.23. The number of amides is 1. The molecule has 1 aromatic carbocycles. The highest BCUT2D eigenvalue weighted by Crippen LogP contribution is 2.08. The molecular weight excluding hydrogens is 190 g/mol. The Kier molecular flexibility index (Phi) is 4.17. The Labute approximate surface area is 88.9 Å². The summed E-state index contributed by atoms with van der Waals surface area (Å²) in [7, 11) is 0. The van der Waals surface area contributed by atoms with E-state index < -0.39 is 0 Å². The average molecular weight is 203 g/mol. The molecule has 1 aromatic rings. The van der Waals surface area contributed by atoms with Crippen molar-refractivity contribution < 1.29 is 4.79 Å². The van der Waals surface area contributed by atoms with Crippen LogP contribution in [0.3, 0.4) is 0 Å². The smallest absolute Gasteiger partial charge is 0.240 e. The van der Waals surface area contributed by atoms with Crippen molar-refractivity contribution in [3.63, 3.8) is 0 Å². The molecule has 1 rings (SSSR count). The number of nitriles is 1. The summed E-state index contributed by atoms with van der Waals surface area (Å²) in [6.45, 7) is 2.22. The van der Waals surface area contributed by atoms with Crippen molar-refractivity contribution in [2.24, 2.45) is 0 Å². The number of hydrogen-bond donors (Lipinski definition) is 2. The Morgan fingerprint density at radius 2 is 2.33 bits per heavy atom. The molecule has 0 aliphatic heterocycles. The first-order valence-electron chi connectivity index (χ1n) is 4.66. The van der Waals surface area contributed by atoms with Gasteiger partial charge in [0.1, 0.15) is 6.54 Å². The van der Waals surface area contributed by atoms with Crippen LogP contribution in [0.25, 0.3) is 0 Å². The van der Waals surface area contributed by atoms with Gasteiger partial charge in [0.25, 0.3) is 0 Å². The van der Waals surface area contributed by atoms with Crippen molar-refractivity contribution in [1.29, 1.82) is 5.26 Å². The van der Waals surface area contributed by atoms with Crippen LogP contribution in [0.15, 0.2) is 24.3 Å². The Balaban J connectivity index is 2.37. The molecule has 0 aromatic heterocycles. The van der Waals surface area contributed by atoms with Crippen molar-refractivity contribution in [3.05, 3.63) is 29.8 Å². The quantitative estimate of drug-likeness (QED) is 0.719. The van der Waals surface area contributed by atoms with Crippen molar-refractivity contribution in [1.82, 2.24) is 5.32 Å². The molecule has 1 amide bonds. The molecule has 0 fully saturated rings. The van der Waals surface area contributed by atoms with Gasteiger partial charge in [-0.25, -0.2) is 0 Å². The molecule has 0 saturated carbocycles. The van der Waals surface area contributed by atoms with Crippen molar-refractivity contribution in [2.45, 2.75) is 6.92 Å². The van der Waals surface area contributed by atoms with E-state index in [2.05, 4.69) is 10.6 Å². The van der Waals surface area contributed by atoms with Crippen LogP contribution >= 0.6 is 0 Å². The Morgan fingerprint density at radius 1 is 1.53 bits per heavy atom. The maximum absolute atomic E-state index is 11.1. The zero-order valence-corrected chi connectivity index (χ0v) is 8.58. The van der Waals surface area contributed by atoms with Gasteiger partial charge in [-0.3, -0.25) is 4.79 Å². The molecule has 0 aliphatic carbocycles. The van der Waals surface area contributed by atoms with E-state index in [1.54, 1.807) is 0 Å². The fourth-order valence-electron chi connectivity index (χ4n) is 1.14. The molecule has 2 N–H and O–H groups in total. The molecular formula is C11H13N3O. The lowest BCUT2D eigenvalue weighted by molar-refractivity contribution is -0.119. The molecule has 4 nitrogen and oxygen atoms in total. The first-order valence-corrected chi connectivity index (χ1v) is 4.66. The van der Waals surface area contributed by atoms with Crippen LogP contribution in [-0.4, -0.2) is 19.0 Å². The summed E-state index contributed by atoms with van der Waals surface area (Å²) in [5.41, 5.74) is 2.04. The van der Waals surface area contributed by atoms with Gasteiger partial charge >= 0.3 is 0 Å². The van der Waals surface area contributed by atoms with Crippen LogP contribution in [0.2, 0.25) is 0 Å². The molecule has 0 radical (unpaired) electrons. The Morgan fingerprint density at radius 3 is 3.00 bits per heavy atom. The number of rotatable bonds is 4. The summed E-state index contributed by atoms with van der Waals surface area (Å²) < 4.78 is 0. The lowest BCUT2D eigenvalue weighted by Crippen LogP contribution is -2.29. The molecule has 0 atom stereocenters. The van der Waals surface area contributed by atoms with Crippen LogP contribution in [0.1, 0.15) is 5.56 Å². The fourth-order valence-corrected chi connectivity index (χ4v) is 1.14. The van der Waals surface area contributed by atoms with Gasteiger partial charge in [-0.15, -0.1) is 0 Å². The summed E-state index contributed by atoms with van der Waals surface area (Å²) in [4.78, 5) is 11.1. The van der Waals surface area contributed by atoms with Gasteiger partial charge in [-0.1, -0.05) is 12.1 Å².